The van der Waals surface area contributed by atoms with Gasteiger partial charge < -0.3 is 0 Å². The Balaban J connectivity index is 2.29. The monoisotopic (exact) mass is 337 g/mol. The standard InChI is InChI=1S/C15H15NO4S2/c1-11-12(6-5-7-13(11)16(17)18)10-21-14-8-3-4-9-15(14)22(2,19)20/h3-9H,10H2,1-2H3. The molecule has 0 saturated carbocycles. The van der Waals surface area contributed by atoms with Gasteiger partial charge in [0.25, 0.3) is 5.69 Å². The summed E-state index contributed by atoms with van der Waals surface area (Å²) >= 11 is 1.36. The van der Waals surface area contributed by atoms with Gasteiger partial charge in [0.05, 0.1) is 9.82 Å². The van der Waals surface area contributed by atoms with Crippen molar-refractivity contribution >= 4 is 27.3 Å². The number of nitro benzene ring substituents is 1. The van der Waals surface area contributed by atoms with E-state index in [2.05, 4.69) is 0 Å². The maximum atomic E-state index is 11.8. The average Bonchev–Trinajstić information content (AvgIpc) is 2.45. The van der Waals surface area contributed by atoms with Crippen molar-refractivity contribution < 1.29 is 13.3 Å². The lowest BCUT2D eigenvalue weighted by Crippen LogP contribution is -1.99. The third kappa shape index (κ3) is 3.66. The van der Waals surface area contributed by atoms with E-state index in [1.807, 2.05) is 6.07 Å². The number of benzene rings is 2. The molecule has 2 aromatic carbocycles. The second-order valence-corrected chi connectivity index (χ2v) is 7.83. The molecule has 0 atom stereocenters. The summed E-state index contributed by atoms with van der Waals surface area (Å²) in [4.78, 5) is 11.5. The molecule has 0 bridgehead atoms. The number of thioether (sulfide) groups is 1. The summed E-state index contributed by atoms with van der Waals surface area (Å²) in [5.41, 5.74) is 1.51. The molecule has 0 amide bonds. The zero-order chi connectivity index (χ0) is 16.3. The Morgan fingerprint density at radius 3 is 2.45 bits per heavy atom. The minimum Gasteiger partial charge on any atom is -0.258 e. The van der Waals surface area contributed by atoms with E-state index >= 15 is 0 Å². The second kappa shape index (κ2) is 6.50. The fraction of sp³-hybridized carbons (Fsp3) is 0.200. The van der Waals surface area contributed by atoms with E-state index in [1.165, 1.54) is 24.1 Å². The van der Waals surface area contributed by atoms with Gasteiger partial charge in [0, 0.05) is 28.5 Å². The van der Waals surface area contributed by atoms with Crippen molar-refractivity contribution in [1.82, 2.24) is 0 Å². The van der Waals surface area contributed by atoms with Crippen LogP contribution in [0.5, 0.6) is 0 Å². The van der Waals surface area contributed by atoms with Crippen molar-refractivity contribution in [2.24, 2.45) is 0 Å². The van der Waals surface area contributed by atoms with Gasteiger partial charge in [-0.2, -0.15) is 0 Å². The zero-order valence-electron chi connectivity index (χ0n) is 12.1. The van der Waals surface area contributed by atoms with Crippen molar-refractivity contribution in [3.63, 3.8) is 0 Å². The van der Waals surface area contributed by atoms with Crippen LogP contribution in [0.4, 0.5) is 5.69 Å². The lowest BCUT2D eigenvalue weighted by molar-refractivity contribution is -0.385. The van der Waals surface area contributed by atoms with Crippen LogP contribution in [0.1, 0.15) is 11.1 Å². The van der Waals surface area contributed by atoms with E-state index in [9.17, 15) is 18.5 Å². The molecule has 0 heterocycles. The van der Waals surface area contributed by atoms with Crippen LogP contribution in [0.15, 0.2) is 52.3 Å². The van der Waals surface area contributed by atoms with Gasteiger partial charge >= 0.3 is 0 Å². The molecule has 0 fully saturated rings. The van der Waals surface area contributed by atoms with Gasteiger partial charge in [-0.05, 0) is 24.6 Å². The van der Waals surface area contributed by atoms with E-state index < -0.39 is 14.8 Å². The number of hydrogen-bond acceptors (Lipinski definition) is 5. The van der Waals surface area contributed by atoms with Crippen molar-refractivity contribution in [3.8, 4) is 0 Å². The highest BCUT2D eigenvalue weighted by Gasteiger charge is 2.16. The molecule has 2 rings (SSSR count). The zero-order valence-corrected chi connectivity index (χ0v) is 13.8. The molecular weight excluding hydrogens is 322 g/mol. The summed E-state index contributed by atoms with van der Waals surface area (Å²) < 4.78 is 23.5. The van der Waals surface area contributed by atoms with E-state index in [1.54, 1.807) is 37.3 Å². The van der Waals surface area contributed by atoms with Gasteiger partial charge in [-0.15, -0.1) is 11.8 Å². The van der Waals surface area contributed by atoms with Crippen molar-refractivity contribution in [2.45, 2.75) is 22.5 Å². The first-order valence-corrected chi connectivity index (χ1v) is 9.33. The predicted octanol–water partition coefficient (Wildman–Crippen LogP) is 3.60. The molecule has 0 aliphatic heterocycles. The van der Waals surface area contributed by atoms with Gasteiger partial charge in [0.2, 0.25) is 0 Å². The molecule has 0 aromatic heterocycles. The molecule has 5 nitrogen and oxygen atoms in total. The summed E-state index contributed by atoms with van der Waals surface area (Å²) in [5.74, 6) is 0.472. The summed E-state index contributed by atoms with van der Waals surface area (Å²) in [7, 11) is -3.30. The van der Waals surface area contributed by atoms with Crippen LogP contribution in [0.25, 0.3) is 0 Å². The summed E-state index contributed by atoms with van der Waals surface area (Å²) in [5, 5.41) is 11.0. The maximum absolute atomic E-state index is 11.8. The second-order valence-electron chi connectivity index (χ2n) is 4.83. The Hall–Kier alpha value is -1.86. The highest BCUT2D eigenvalue weighted by Crippen LogP contribution is 2.31. The molecule has 0 aliphatic rings. The maximum Gasteiger partial charge on any atom is 0.272 e. The van der Waals surface area contributed by atoms with Crippen LogP contribution in [0.2, 0.25) is 0 Å². The number of nitrogens with zero attached hydrogens (tertiary/aromatic N) is 1. The van der Waals surface area contributed by atoms with Crippen LogP contribution in [-0.4, -0.2) is 19.6 Å². The van der Waals surface area contributed by atoms with Crippen molar-refractivity contribution in [3.05, 3.63) is 63.7 Å². The molecule has 116 valence electrons. The molecule has 0 saturated heterocycles. The van der Waals surface area contributed by atoms with Crippen LogP contribution in [0, 0.1) is 17.0 Å². The highest BCUT2D eigenvalue weighted by atomic mass is 32.2. The SMILES string of the molecule is Cc1c(CSc2ccccc2S(C)(=O)=O)cccc1[N+](=O)[O-]. The minimum absolute atomic E-state index is 0.0782. The number of hydrogen-bond donors (Lipinski definition) is 0. The third-order valence-corrected chi connectivity index (χ3v) is 5.65. The fourth-order valence-electron chi connectivity index (χ4n) is 2.06. The summed E-state index contributed by atoms with van der Waals surface area (Å²) in [6.07, 6.45) is 1.17. The molecule has 0 spiro atoms. The van der Waals surface area contributed by atoms with E-state index in [4.69, 9.17) is 0 Å². The van der Waals surface area contributed by atoms with Crippen LogP contribution in [-0.2, 0) is 15.6 Å². The molecule has 0 radical (unpaired) electrons. The Bertz CT molecular complexity index is 816. The van der Waals surface area contributed by atoms with Crippen molar-refractivity contribution in [2.75, 3.05) is 6.26 Å². The lowest BCUT2D eigenvalue weighted by atomic mass is 10.1. The topological polar surface area (TPSA) is 77.3 Å². The Morgan fingerprint density at radius 2 is 1.82 bits per heavy atom. The minimum atomic E-state index is -3.30. The quantitative estimate of drug-likeness (QED) is 0.473. The number of rotatable bonds is 5. The van der Waals surface area contributed by atoms with Gasteiger partial charge in [-0.1, -0.05) is 24.3 Å². The summed E-state index contributed by atoms with van der Waals surface area (Å²) in [6.45, 7) is 1.70. The first-order valence-electron chi connectivity index (χ1n) is 6.45. The van der Waals surface area contributed by atoms with Crippen LogP contribution in [0.3, 0.4) is 0 Å². The Labute approximate surface area is 133 Å². The van der Waals surface area contributed by atoms with Gasteiger partial charge in [0.1, 0.15) is 0 Å². The normalized spacial score (nSPS) is 11.4. The molecular formula is C15H15NO4S2. The van der Waals surface area contributed by atoms with E-state index in [0.717, 1.165) is 5.56 Å². The fourth-order valence-corrected chi connectivity index (χ4v) is 4.45. The van der Waals surface area contributed by atoms with Gasteiger partial charge in [0.15, 0.2) is 9.84 Å². The molecule has 0 N–H and O–H groups in total. The first-order chi connectivity index (χ1) is 10.3. The lowest BCUT2D eigenvalue weighted by Gasteiger charge is -2.09. The third-order valence-electron chi connectivity index (χ3n) is 3.25. The molecule has 22 heavy (non-hydrogen) atoms. The Morgan fingerprint density at radius 1 is 1.14 bits per heavy atom. The Kier molecular flexibility index (Phi) is 4.87. The van der Waals surface area contributed by atoms with Gasteiger partial charge in [-0.3, -0.25) is 10.1 Å². The smallest absolute Gasteiger partial charge is 0.258 e. The van der Waals surface area contributed by atoms with Crippen molar-refractivity contribution in [1.29, 1.82) is 0 Å². The molecule has 2 aromatic rings. The van der Waals surface area contributed by atoms with Crippen LogP contribution >= 0.6 is 11.8 Å². The van der Waals surface area contributed by atoms with Crippen LogP contribution < -0.4 is 0 Å². The molecule has 7 heteroatoms. The molecule has 0 unspecified atom stereocenters. The highest BCUT2D eigenvalue weighted by molar-refractivity contribution is 7.99. The summed E-state index contributed by atoms with van der Waals surface area (Å²) in [6, 6.07) is 11.7. The predicted molar refractivity (Wildman–Crippen MR) is 86.9 cm³/mol. The van der Waals surface area contributed by atoms with E-state index in [-0.39, 0.29) is 10.6 Å². The average molecular weight is 337 g/mol. The molecule has 0 aliphatic carbocycles. The number of nitro groups is 1. The van der Waals surface area contributed by atoms with Gasteiger partial charge in [-0.25, -0.2) is 8.42 Å². The van der Waals surface area contributed by atoms with E-state index in [0.29, 0.717) is 16.2 Å². The first kappa shape index (κ1) is 16.5. The number of sulfone groups is 1. The largest absolute Gasteiger partial charge is 0.272 e.